The van der Waals surface area contributed by atoms with Crippen LogP contribution in [0.3, 0.4) is 0 Å². The van der Waals surface area contributed by atoms with E-state index in [0.29, 0.717) is 48.7 Å². The minimum Gasteiger partial charge on any atom is -0.495 e. The smallest absolute Gasteiger partial charge is 0.307 e. The largest absolute Gasteiger partial charge is 0.495 e. The maximum Gasteiger partial charge on any atom is 0.307 e. The molecule has 2 aromatic rings. The number of benzene rings is 1. The number of allylic oxidation sites excluding steroid dienone is 5. The molecule has 0 fully saturated rings. The molecule has 0 aliphatic carbocycles. The molecule has 0 bridgehead atoms. The number of ether oxygens (including phenoxy) is 2. The van der Waals surface area contributed by atoms with E-state index in [1.165, 1.54) is 0 Å². The molecule has 6 heteroatoms. The van der Waals surface area contributed by atoms with Crippen molar-refractivity contribution < 1.29 is 24.2 Å². The number of aryl methyl sites for hydroxylation is 1. The molecule has 32 heavy (non-hydrogen) atoms. The molecule has 0 amide bonds. The van der Waals surface area contributed by atoms with E-state index in [1.807, 2.05) is 32.1 Å². The number of carbonyl (C=O) groups excluding carboxylic acids is 1. The summed E-state index contributed by atoms with van der Waals surface area (Å²) in [5, 5.41) is 9.95. The number of aliphatic carboxylic acids is 1. The van der Waals surface area contributed by atoms with E-state index in [4.69, 9.17) is 15.9 Å². The molecular formula is C26H29NO5. The zero-order valence-corrected chi connectivity index (χ0v) is 18.8. The maximum absolute atomic E-state index is 13.3. The van der Waals surface area contributed by atoms with Crippen LogP contribution in [0.15, 0.2) is 59.9 Å². The number of aromatic nitrogens is 1. The van der Waals surface area contributed by atoms with Crippen LogP contribution in [-0.4, -0.2) is 41.4 Å². The van der Waals surface area contributed by atoms with Gasteiger partial charge in [0.2, 0.25) is 0 Å². The molecule has 6 nitrogen and oxygen atoms in total. The lowest BCUT2D eigenvalue weighted by Crippen LogP contribution is -2.14. The maximum atomic E-state index is 13.3. The summed E-state index contributed by atoms with van der Waals surface area (Å²) in [6, 6.07) is 7.24. The van der Waals surface area contributed by atoms with E-state index in [0.717, 1.165) is 11.1 Å². The summed E-state index contributed by atoms with van der Waals surface area (Å²) in [6.07, 6.45) is 12.7. The monoisotopic (exact) mass is 435 g/mol. The van der Waals surface area contributed by atoms with Crippen LogP contribution in [0.25, 0.3) is 10.9 Å². The standard InChI is InChI=1S/C26H29NO5/c1-5-9-20(4)32-16-15-31-14-8-12-21(10-6-2)26(30)27-19(3)17-23-22(18-25(28)29)11-7-13-24(23)27/h1,7-13,17H,6,14-16,18H2,2-4H3,(H,28,29)/b12-8-,20-9+,21-10+. The average Bonchev–Trinajstić information content (AvgIpc) is 3.08. The normalized spacial score (nSPS) is 12.3. The van der Waals surface area contributed by atoms with Crippen LogP contribution in [0.1, 0.15) is 36.3 Å². The zero-order valence-electron chi connectivity index (χ0n) is 18.8. The fourth-order valence-corrected chi connectivity index (χ4v) is 3.33. The molecule has 0 saturated carbocycles. The number of terminal acetylenes is 1. The highest BCUT2D eigenvalue weighted by atomic mass is 16.5. The Labute approximate surface area is 188 Å². The Balaban J connectivity index is 2.11. The van der Waals surface area contributed by atoms with E-state index in [-0.39, 0.29) is 12.3 Å². The van der Waals surface area contributed by atoms with Crippen LogP contribution in [0, 0.1) is 19.3 Å². The van der Waals surface area contributed by atoms with E-state index in [9.17, 15) is 14.7 Å². The minimum absolute atomic E-state index is 0.0916. The second-order valence-electron chi connectivity index (χ2n) is 7.16. The van der Waals surface area contributed by atoms with Crippen molar-refractivity contribution in [1.29, 1.82) is 0 Å². The second kappa shape index (κ2) is 12.3. The lowest BCUT2D eigenvalue weighted by molar-refractivity contribution is -0.136. The molecule has 1 heterocycles. The van der Waals surface area contributed by atoms with Gasteiger partial charge in [-0.15, -0.1) is 6.42 Å². The average molecular weight is 436 g/mol. The third-order valence-corrected chi connectivity index (χ3v) is 4.69. The first-order valence-corrected chi connectivity index (χ1v) is 10.5. The van der Waals surface area contributed by atoms with E-state index in [1.54, 1.807) is 41.9 Å². The number of rotatable bonds is 11. The van der Waals surface area contributed by atoms with Gasteiger partial charge in [-0.25, -0.2) is 0 Å². The van der Waals surface area contributed by atoms with Gasteiger partial charge in [-0.1, -0.05) is 43.2 Å². The molecule has 0 radical (unpaired) electrons. The summed E-state index contributed by atoms with van der Waals surface area (Å²) in [4.78, 5) is 24.5. The fourth-order valence-electron chi connectivity index (χ4n) is 3.33. The van der Waals surface area contributed by atoms with Crippen molar-refractivity contribution in [3.05, 3.63) is 71.2 Å². The molecule has 0 atom stereocenters. The van der Waals surface area contributed by atoms with Crippen molar-refractivity contribution in [2.45, 2.75) is 33.6 Å². The zero-order chi connectivity index (χ0) is 23.5. The van der Waals surface area contributed by atoms with Gasteiger partial charge in [0, 0.05) is 22.7 Å². The molecule has 0 aliphatic heterocycles. The number of hydrogen-bond donors (Lipinski definition) is 1. The Bertz CT molecular complexity index is 1100. The van der Waals surface area contributed by atoms with Crippen molar-refractivity contribution in [3.63, 3.8) is 0 Å². The predicted molar refractivity (Wildman–Crippen MR) is 126 cm³/mol. The van der Waals surface area contributed by atoms with Gasteiger partial charge in [-0.05, 0) is 38.0 Å². The number of carboxylic acid groups (broad SMARTS) is 1. The molecule has 0 aliphatic rings. The quantitative estimate of drug-likeness (QED) is 0.182. The van der Waals surface area contributed by atoms with Crippen molar-refractivity contribution in [2.75, 3.05) is 19.8 Å². The Morgan fingerprint density at radius 3 is 2.75 bits per heavy atom. The summed E-state index contributed by atoms with van der Waals surface area (Å²) in [6.45, 7) is 6.72. The summed E-state index contributed by atoms with van der Waals surface area (Å²) < 4.78 is 12.5. The van der Waals surface area contributed by atoms with Gasteiger partial charge in [-0.2, -0.15) is 0 Å². The summed E-state index contributed by atoms with van der Waals surface area (Å²) in [7, 11) is 0. The minimum atomic E-state index is -0.906. The lowest BCUT2D eigenvalue weighted by atomic mass is 10.1. The van der Waals surface area contributed by atoms with Gasteiger partial charge < -0.3 is 14.6 Å². The van der Waals surface area contributed by atoms with Crippen LogP contribution < -0.4 is 0 Å². The summed E-state index contributed by atoms with van der Waals surface area (Å²) in [5.41, 5.74) is 2.68. The van der Waals surface area contributed by atoms with Gasteiger partial charge >= 0.3 is 5.97 Å². The second-order valence-corrected chi connectivity index (χ2v) is 7.16. The first kappa shape index (κ1) is 24.7. The Hall–Kier alpha value is -3.56. The molecule has 1 aromatic carbocycles. The number of carboxylic acids is 1. The number of fused-ring (bicyclic) bond motifs is 1. The molecule has 1 aromatic heterocycles. The summed E-state index contributed by atoms with van der Waals surface area (Å²) in [5.74, 6) is 1.98. The van der Waals surface area contributed by atoms with E-state index in [2.05, 4.69) is 5.92 Å². The Kier molecular flexibility index (Phi) is 9.52. The van der Waals surface area contributed by atoms with Gasteiger partial charge in [0.25, 0.3) is 5.91 Å². The van der Waals surface area contributed by atoms with Gasteiger partial charge in [0.1, 0.15) is 12.4 Å². The molecule has 0 unspecified atom stereocenters. The first-order valence-electron chi connectivity index (χ1n) is 10.5. The predicted octanol–water partition coefficient (Wildman–Crippen LogP) is 4.68. The molecule has 0 spiro atoms. The third-order valence-electron chi connectivity index (χ3n) is 4.69. The fraction of sp³-hybridized carbons (Fsp3) is 0.308. The van der Waals surface area contributed by atoms with Crippen LogP contribution in [0.5, 0.6) is 0 Å². The van der Waals surface area contributed by atoms with Crippen LogP contribution in [0.4, 0.5) is 0 Å². The highest BCUT2D eigenvalue weighted by molar-refractivity contribution is 6.05. The topological polar surface area (TPSA) is 77.8 Å². The Morgan fingerprint density at radius 2 is 2.06 bits per heavy atom. The third kappa shape index (κ3) is 6.73. The molecule has 0 saturated heterocycles. The molecular weight excluding hydrogens is 406 g/mol. The highest BCUT2D eigenvalue weighted by Crippen LogP contribution is 2.25. The molecule has 168 valence electrons. The van der Waals surface area contributed by atoms with Crippen LogP contribution in [0.2, 0.25) is 0 Å². The van der Waals surface area contributed by atoms with Crippen LogP contribution in [-0.2, 0) is 20.7 Å². The van der Waals surface area contributed by atoms with E-state index >= 15 is 0 Å². The highest BCUT2D eigenvalue weighted by Gasteiger charge is 2.17. The van der Waals surface area contributed by atoms with E-state index < -0.39 is 5.97 Å². The van der Waals surface area contributed by atoms with Crippen molar-refractivity contribution in [2.24, 2.45) is 0 Å². The SMILES string of the molecule is C#C/C=C(\C)OCCOC/C=C\C(=C/CC)C(=O)n1c(C)cc2c(CC(=O)O)cccc21. The molecule has 1 N–H and O–H groups in total. The number of nitrogens with zero attached hydrogens (tertiary/aromatic N) is 1. The van der Waals surface area contributed by atoms with Gasteiger partial charge in [0.15, 0.2) is 0 Å². The van der Waals surface area contributed by atoms with Crippen molar-refractivity contribution in [3.8, 4) is 12.3 Å². The van der Waals surface area contributed by atoms with Crippen molar-refractivity contribution >= 4 is 22.8 Å². The Morgan fingerprint density at radius 1 is 1.28 bits per heavy atom. The summed E-state index contributed by atoms with van der Waals surface area (Å²) >= 11 is 0. The lowest BCUT2D eigenvalue weighted by Gasteiger charge is -2.09. The van der Waals surface area contributed by atoms with Gasteiger partial charge in [0.05, 0.1) is 25.2 Å². The first-order chi connectivity index (χ1) is 15.4. The van der Waals surface area contributed by atoms with Crippen LogP contribution >= 0.6 is 0 Å². The van der Waals surface area contributed by atoms with Gasteiger partial charge in [-0.3, -0.25) is 14.2 Å². The number of carbonyl (C=O) groups is 2. The van der Waals surface area contributed by atoms with Crippen molar-refractivity contribution in [1.82, 2.24) is 4.57 Å². The molecule has 2 rings (SSSR count). The number of hydrogen-bond acceptors (Lipinski definition) is 4.